The van der Waals surface area contributed by atoms with Gasteiger partial charge in [-0.15, -0.1) is 16.4 Å². The molecule has 0 radical (unpaired) electrons. The molecule has 6 rings (SSSR count). The molecular weight excluding hydrogens is 456 g/mol. The molecule has 0 atom stereocenters. The number of hydrogen-bond acceptors (Lipinski definition) is 9. The van der Waals surface area contributed by atoms with Gasteiger partial charge in [0.2, 0.25) is 6.79 Å². The van der Waals surface area contributed by atoms with Crippen LogP contribution in [0.15, 0.2) is 63.3 Å². The Morgan fingerprint density at radius 2 is 2.00 bits per heavy atom. The highest BCUT2D eigenvalue weighted by molar-refractivity contribution is 7.09. The largest absolute Gasteiger partial charge is 0.467 e. The second kappa shape index (κ2) is 8.76. The average Bonchev–Trinajstić information content (AvgIpc) is 3.63. The quantitative estimate of drug-likeness (QED) is 0.364. The third kappa shape index (κ3) is 4.18. The molecule has 4 aromatic heterocycles. The number of aromatic nitrogens is 5. The van der Waals surface area contributed by atoms with Crippen LogP contribution in [0.2, 0.25) is 0 Å². The minimum atomic E-state index is -0.141. The minimum absolute atomic E-state index is 0.141. The van der Waals surface area contributed by atoms with Crippen LogP contribution >= 0.6 is 11.3 Å². The highest BCUT2D eigenvalue weighted by atomic mass is 32.1. The molecular formula is C23H20N6O4S. The number of aromatic amines is 1. The van der Waals surface area contributed by atoms with E-state index in [1.165, 1.54) is 4.88 Å². The molecule has 0 unspecified atom stereocenters. The molecule has 5 heterocycles. The second-order valence-electron chi connectivity index (χ2n) is 7.97. The lowest BCUT2D eigenvalue weighted by molar-refractivity contribution is 0.174. The van der Waals surface area contributed by atoms with Crippen molar-refractivity contribution >= 4 is 22.2 Å². The summed E-state index contributed by atoms with van der Waals surface area (Å²) in [7, 11) is 0. The van der Waals surface area contributed by atoms with Crippen molar-refractivity contribution in [1.82, 2.24) is 30.1 Å². The maximum Gasteiger partial charge on any atom is 0.252 e. The van der Waals surface area contributed by atoms with Crippen molar-refractivity contribution < 1.29 is 13.9 Å². The molecule has 10 nitrogen and oxygen atoms in total. The number of thiophene rings is 1. The first kappa shape index (κ1) is 20.6. The van der Waals surface area contributed by atoms with Gasteiger partial charge in [-0.3, -0.25) is 9.69 Å². The van der Waals surface area contributed by atoms with Crippen molar-refractivity contribution in [2.24, 2.45) is 0 Å². The van der Waals surface area contributed by atoms with E-state index in [-0.39, 0.29) is 12.4 Å². The van der Waals surface area contributed by atoms with E-state index in [0.29, 0.717) is 54.6 Å². The number of rotatable bonds is 8. The van der Waals surface area contributed by atoms with E-state index < -0.39 is 0 Å². The van der Waals surface area contributed by atoms with Crippen LogP contribution in [0.25, 0.3) is 10.9 Å². The Labute approximate surface area is 197 Å². The summed E-state index contributed by atoms with van der Waals surface area (Å²) in [5.41, 5.74) is 1.22. The van der Waals surface area contributed by atoms with Gasteiger partial charge in [0.25, 0.3) is 5.56 Å². The maximum atomic E-state index is 12.9. The summed E-state index contributed by atoms with van der Waals surface area (Å²) < 4.78 is 18.1. The van der Waals surface area contributed by atoms with Gasteiger partial charge in [0.15, 0.2) is 17.3 Å². The number of hydrogen-bond donors (Lipinski definition) is 1. The van der Waals surface area contributed by atoms with Gasteiger partial charge in [-0.05, 0) is 46.1 Å². The van der Waals surface area contributed by atoms with Gasteiger partial charge in [0, 0.05) is 35.0 Å². The summed E-state index contributed by atoms with van der Waals surface area (Å²) in [6.07, 6.45) is 1.63. The molecule has 1 aromatic carbocycles. The number of furan rings is 1. The normalized spacial score (nSPS) is 12.7. The molecule has 34 heavy (non-hydrogen) atoms. The molecule has 5 aromatic rings. The SMILES string of the molecule is O=c1[nH]c2cc3c(cc2cc1CN(Cc1cccs1)Cc1nnnn1Cc1ccco1)OCO3. The van der Waals surface area contributed by atoms with Gasteiger partial charge in [0.05, 0.1) is 18.3 Å². The van der Waals surface area contributed by atoms with E-state index >= 15 is 0 Å². The van der Waals surface area contributed by atoms with Gasteiger partial charge in [-0.1, -0.05) is 6.07 Å². The van der Waals surface area contributed by atoms with Crippen molar-refractivity contribution in [3.05, 3.63) is 86.5 Å². The highest BCUT2D eigenvalue weighted by Crippen LogP contribution is 2.35. The van der Waals surface area contributed by atoms with E-state index in [1.807, 2.05) is 35.7 Å². The lowest BCUT2D eigenvalue weighted by atomic mass is 10.1. The van der Waals surface area contributed by atoms with Crippen molar-refractivity contribution in [2.45, 2.75) is 26.2 Å². The summed E-state index contributed by atoms with van der Waals surface area (Å²) >= 11 is 1.67. The Hall–Kier alpha value is -3.96. The number of nitrogens with zero attached hydrogens (tertiary/aromatic N) is 5. The van der Waals surface area contributed by atoms with E-state index in [0.717, 1.165) is 11.1 Å². The average molecular weight is 477 g/mol. The molecule has 1 N–H and O–H groups in total. The van der Waals surface area contributed by atoms with Crippen LogP contribution < -0.4 is 15.0 Å². The van der Waals surface area contributed by atoms with E-state index in [1.54, 1.807) is 28.3 Å². The highest BCUT2D eigenvalue weighted by Gasteiger charge is 2.19. The Balaban J connectivity index is 1.30. The topological polar surface area (TPSA) is 111 Å². The van der Waals surface area contributed by atoms with Gasteiger partial charge in [-0.2, -0.15) is 0 Å². The van der Waals surface area contributed by atoms with E-state index in [4.69, 9.17) is 13.9 Å². The van der Waals surface area contributed by atoms with E-state index in [9.17, 15) is 4.79 Å². The Bertz CT molecular complexity index is 1480. The molecule has 0 saturated carbocycles. The summed E-state index contributed by atoms with van der Waals surface area (Å²) in [5, 5.41) is 15.1. The molecule has 0 spiro atoms. The first-order valence-electron chi connectivity index (χ1n) is 10.7. The maximum absolute atomic E-state index is 12.9. The number of fused-ring (bicyclic) bond motifs is 2. The second-order valence-corrected chi connectivity index (χ2v) is 9.01. The predicted molar refractivity (Wildman–Crippen MR) is 124 cm³/mol. The minimum Gasteiger partial charge on any atom is -0.467 e. The third-order valence-corrected chi connectivity index (χ3v) is 6.49. The molecule has 0 fully saturated rings. The predicted octanol–water partition coefficient (Wildman–Crippen LogP) is 3.15. The van der Waals surface area contributed by atoms with Crippen molar-refractivity contribution in [3.8, 4) is 11.5 Å². The number of pyridine rings is 1. The smallest absolute Gasteiger partial charge is 0.252 e. The number of benzene rings is 1. The monoisotopic (exact) mass is 476 g/mol. The molecule has 0 bridgehead atoms. The van der Waals surface area contributed by atoms with Crippen LogP contribution in [0, 0.1) is 0 Å². The standard InChI is InChI=1S/C23H20N6O4S/c30-23-16(7-15-8-20-21(33-14-32-20)9-19(15)24-23)10-28(12-18-4-2-6-34-18)13-22-25-26-27-29(22)11-17-3-1-5-31-17/h1-9H,10-14H2,(H,24,30). The molecule has 1 aliphatic rings. The number of H-pyrrole nitrogens is 1. The van der Waals surface area contributed by atoms with Gasteiger partial charge < -0.3 is 18.9 Å². The number of nitrogens with one attached hydrogen (secondary N) is 1. The fourth-order valence-electron chi connectivity index (χ4n) is 4.00. The molecule has 172 valence electrons. The molecule has 1 aliphatic heterocycles. The van der Waals surface area contributed by atoms with Crippen LogP contribution in [0.4, 0.5) is 0 Å². The van der Waals surface area contributed by atoms with Crippen molar-refractivity contribution in [1.29, 1.82) is 0 Å². The van der Waals surface area contributed by atoms with Crippen molar-refractivity contribution in [2.75, 3.05) is 6.79 Å². The van der Waals surface area contributed by atoms with Crippen LogP contribution in [-0.4, -0.2) is 36.9 Å². The molecule has 0 amide bonds. The molecule has 11 heteroatoms. The van der Waals surface area contributed by atoms with Gasteiger partial charge >= 0.3 is 0 Å². The Kier molecular flexibility index (Phi) is 5.32. The zero-order valence-corrected chi connectivity index (χ0v) is 18.8. The summed E-state index contributed by atoms with van der Waals surface area (Å²) in [5.74, 6) is 2.77. The lowest BCUT2D eigenvalue weighted by Crippen LogP contribution is -2.27. The zero-order valence-electron chi connectivity index (χ0n) is 18.0. The summed E-state index contributed by atoms with van der Waals surface area (Å²) in [6, 6.07) is 13.4. The lowest BCUT2D eigenvalue weighted by Gasteiger charge is -2.21. The first-order valence-corrected chi connectivity index (χ1v) is 11.6. The number of ether oxygens (including phenoxy) is 2. The fourth-order valence-corrected chi connectivity index (χ4v) is 4.75. The van der Waals surface area contributed by atoms with Crippen LogP contribution in [0.3, 0.4) is 0 Å². The van der Waals surface area contributed by atoms with Gasteiger partial charge in [-0.25, -0.2) is 4.68 Å². The zero-order chi connectivity index (χ0) is 22.9. The fraction of sp³-hybridized carbons (Fsp3) is 0.217. The Morgan fingerprint density at radius 3 is 2.82 bits per heavy atom. The van der Waals surface area contributed by atoms with Crippen LogP contribution in [-0.2, 0) is 26.2 Å². The molecule has 0 aliphatic carbocycles. The van der Waals surface area contributed by atoms with E-state index in [2.05, 4.69) is 31.5 Å². The van der Waals surface area contributed by atoms with Gasteiger partial charge in [0.1, 0.15) is 12.3 Å². The van der Waals surface area contributed by atoms with Crippen LogP contribution in [0.1, 0.15) is 22.0 Å². The summed E-state index contributed by atoms with van der Waals surface area (Å²) in [4.78, 5) is 19.3. The first-order chi connectivity index (χ1) is 16.7. The summed E-state index contributed by atoms with van der Waals surface area (Å²) in [6.45, 7) is 2.16. The third-order valence-electron chi connectivity index (χ3n) is 5.62. The molecule has 0 saturated heterocycles. The van der Waals surface area contributed by atoms with Crippen molar-refractivity contribution in [3.63, 3.8) is 0 Å². The van der Waals surface area contributed by atoms with Crippen LogP contribution in [0.5, 0.6) is 11.5 Å². The Morgan fingerprint density at radius 1 is 1.09 bits per heavy atom. The number of tetrazole rings is 1.